The number of hydrogen-bond acceptors (Lipinski definition) is 8. The van der Waals surface area contributed by atoms with Crippen LogP contribution in [0.25, 0.3) is 6.08 Å². The number of rotatable bonds is 9. The second-order valence-corrected chi connectivity index (χ2v) is 7.81. The number of carbonyl (C=O) groups excluding carboxylic acids is 2. The Hall–Kier alpha value is -3.33. The minimum Gasteiger partial charge on any atom is -0.507 e. The number of methoxy groups -OCH3 is 2. The first-order chi connectivity index (χ1) is 14.8. The summed E-state index contributed by atoms with van der Waals surface area (Å²) in [5, 5.41) is 13.5. The molecule has 0 bridgehead atoms. The van der Waals surface area contributed by atoms with Crippen molar-refractivity contribution >= 4 is 29.3 Å². The third kappa shape index (κ3) is 6.58. The molecule has 2 rings (SSSR count). The molecule has 2 heterocycles. The van der Waals surface area contributed by atoms with E-state index in [1.54, 1.807) is 38.3 Å². The van der Waals surface area contributed by atoms with E-state index in [1.165, 1.54) is 30.7 Å². The Morgan fingerprint density at radius 3 is 2.68 bits per heavy atom. The molecule has 9 heteroatoms. The topological polar surface area (TPSA) is 115 Å². The van der Waals surface area contributed by atoms with E-state index in [9.17, 15) is 19.5 Å². The lowest BCUT2D eigenvalue weighted by atomic mass is 10.00. The highest BCUT2D eigenvalue weighted by atomic mass is 32.1. The van der Waals surface area contributed by atoms with Gasteiger partial charge in [-0.2, -0.15) is 0 Å². The third-order valence-electron chi connectivity index (χ3n) is 4.45. The number of aromatic hydroxyl groups is 1. The van der Waals surface area contributed by atoms with Crippen molar-refractivity contribution in [2.24, 2.45) is 0 Å². The number of carbonyl (C=O) groups is 2. The summed E-state index contributed by atoms with van der Waals surface area (Å²) in [6.07, 6.45) is 5.43. The summed E-state index contributed by atoms with van der Waals surface area (Å²) in [6.45, 7) is 3.40. The van der Waals surface area contributed by atoms with Gasteiger partial charge >= 0.3 is 11.7 Å². The largest absolute Gasteiger partial charge is 0.507 e. The summed E-state index contributed by atoms with van der Waals surface area (Å²) in [6, 6.07) is 4.87. The molecule has 0 aromatic carbocycles. The Labute approximate surface area is 183 Å². The molecule has 1 atom stereocenters. The lowest BCUT2D eigenvalue weighted by Gasteiger charge is -2.11. The fraction of sp³-hybridized carbons (Fsp3) is 0.318. The van der Waals surface area contributed by atoms with Gasteiger partial charge in [0.1, 0.15) is 17.1 Å². The molecule has 0 fully saturated rings. The van der Waals surface area contributed by atoms with Gasteiger partial charge in [0.25, 0.3) is 0 Å². The van der Waals surface area contributed by atoms with E-state index in [-0.39, 0.29) is 17.3 Å². The van der Waals surface area contributed by atoms with Crippen molar-refractivity contribution in [2.75, 3.05) is 14.2 Å². The van der Waals surface area contributed by atoms with Crippen LogP contribution in [0.1, 0.15) is 53.6 Å². The monoisotopic (exact) mass is 447 g/mol. The molecule has 0 aliphatic rings. The maximum absolute atomic E-state index is 12.7. The molecule has 166 valence electrons. The van der Waals surface area contributed by atoms with Crippen molar-refractivity contribution in [1.29, 1.82) is 0 Å². The minimum absolute atomic E-state index is 0.194. The van der Waals surface area contributed by atoms with Crippen LogP contribution in [0.15, 0.2) is 45.3 Å². The SMILES string of the molecule is COC(=O)N/C=C/CCC(C)c1cc(O)c(C(=O)C(C)=Cc2ccc(OC)s2)c(=O)o1. The number of allylic oxidation sites excluding steroid dienone is 2. The summed E-state index contributed by atoms with van der Waals surface area (Å²) < 4.78 is 14.9. The third-order valence-corrected chi connectivity index (χ3v) is 5.45. The number of Topliss-reactive ketones (excluding diaryl/α,β-unsaturated/α-hetero) is 1. The first-order valence-electron chi connectivity index (χ1n) is 9.50. The van der Waals surface area contributed by atoms with Gasteiger partial charge < -0.3 is 19.0 Å². The molecule has 0 saturated heterocycles. The number of alkyl carbamates (subject to hydrolysis) is 1. The van der Waals surface area contributed by atoms with Gasteiger partial charge in [-0.3, -0.25) is 10.1 Å². The Kier molecular flexibility index (Phi) is 8.63. The van der Waals surface area contributed by atoms with Crippen LogP contribution in [0, 0.1) is 0 Å². The fourth-order valence-corrected chi connectivity index (χ4v) is 3.53. The highest BCUT2D eigenvalue weighted by Gasteiger charge is 2.22. The molecule has 0 spiro atoms. The van der Waals surface area contributed by atoms with Crippen LogP contribution in [0.3, 0.4) is 0 Å². The fourth-order valence-electron chi connectivity index (χ4n) is 2.71. The van der Waals surface area contributed by atoms with Gasteiger partial charge in [0.15, 0.2) is 10.8 Å². The predicted octanol–water partition coefficient (Wildman–Crippen LogP) is 4.46. The van der Waals surface area contributed by atoms with Crippen molar-refractivity contribution in [3.05, 3.63) is 62.7 Å². The Balaban J connectivity index is 2.11. The summed E-state index contributed by atoms with van der Waals surface area (Å²) in [7, 11) is 2.82. The van der Waals surface area contributed by atoms with Gasteiger partial charge in [-0.1, -0.05) is 24.3 Å². The normalized spacial score (nSPS) is 12.6. The Bertz CT molecular complexity index is 1050. The van der Waals surface area contributed by atoms with Crippen LogP contribution in [0.4, 0.5) is 4.79 Å². The lowest BCUT2D eigenvalue weighted by Crippen LogP contribution is -2.16. The zero-order valence-electron chi connectivity index (χ0n) is 17.8. The van der Waals surface area contributed by atoms with Crippen molar-refractivity contribution in [2.45, 2.75) is 32.6 Å². The molecule has 2 aromatic rings. The van der Waals surface area contributed by atoms with Crippen LogP contribution in [0.2, 0.25) is 0 Å². The highest BCUT2D eigenvalue weighted by molar-refractivity contribution is 7.14. The predicted molar refractivity (Wildman–Crippen MR) is 118 cm³/mol. The maximum atomic E-state index is 12.7. The van der Waals surface area contributed by atoms with Gasteiger partial charge in [0.2, 0.25) is 0 Å². The van der Waals surface area contributed by atoms with Crippen molar-refractivity contribution in [3.63, 3.8) is 0 Å². The van der Waals surface area contributed by atoms with Crippen molar-refractivity contribution in [1.82, 2.24) is 5.32 Å². The second kappa shape index (κ2) is 11.2. The van der Waals surface area contributed by atoms with Crippen LogP contribution >= 0.6 is 11.3 Å². The van der Waals surface area contributed by atoms with Gasteiger partial charge in [0.05, 0.1) is 14.2 Å². The van der Waals surface area contributed by atoms with Crippen LogP contribution in [-0.2, 0) is 4.74 Å². The lowest BCUT2D eigenvalue weighted by molar-refractivity contribution is 0.102. The number of hydrogen-bond donors (Lipinski definition) is 2. The molecular weight excluding hydrogens is 422 g/mol. The van der Waals surface area contributed by atoms with Crippen LogP contribution < -0.4 is 15.7 Å². The van der Waals surface area contributed by atoms with E-state index in [1.807, 2.05) is 6.92 Å². The molecule has 0 radical (unpaired) electrons. The number of nitrogens with one attached hydrogen (secondary N) is 1. The van der Waals surface area contributed by atoms with Crippen molar-refractivity contribution in [3.8, 4) is 10.8 Å². The molecule has 8 nitrogen and oxygen atoms in total. The van der Waals surface area contributed by atoms with E-state index < -0.39 is 28.8 Å². The average molecular weight is 448 g/mol. The first kappa shape index (κ1) is 23.9. The zero-order chi connectivity index (χ0) is 23.0. The van der Waals surface area contributed by atoms with E-state index in [0.717, 1.165) is 4.88 Å². The standard InChI is InChI=1S/C22H25NO7S/c1-13(7-5-6-10-23-22(27)29-4)17-12-16(24)19(21(26)30-17)20(25)14(2)11-15-8-9-18(28-3)31-15/h6,8-13,24H,5,7H2,1-4H3,(H,23,27)/b10-6+,14-11?. The van der Waals surface area contributed by atoms with Crippen LogP contribution in [0.5, 0.6) is 10.8 Å². The Morgan fingerprint density at radius 1 is 1.32 bits per heavy atom. The van der Waals surface area contributed by atoms with Crippen molar-refractivity contribution < 1.29 is 28.6 Å². The van der Waals surface area contributed by atoms with E-state index in [0.29, 0.717) is 17.9 Å². The van der Waals surface area contributed by atoms with Gasteiger partial charge in [0, 0.05) is 23.1 Å². The molecule has 2 N–H and O–H groups in total. The number of ether oxygens (including phenoxy) is 2. The van der Waals surface area contributed by atoms with E-state index >= 15 is 0 Å². The van der Waals surface area contributed by atoms with Gasteiger partial charge in [-0.15, -0.1) is 0 Å². The highest BCUT2D eigenvalue weighted by Crippen LogP contribution is 2.28. The van der Waals surface area contributed by atoms with Gasteiger partial charge in [-0.25, -0.2) is 9.59 Å². The molecule has 1 unspecified atom stereocenters. The zero-order valence-corrected chi connectivity index (χ0v) is 18.6. The molecule has 0 saturated carbocycles. The maximum Gasteiger partial charge on any atom is 0.410 e. The summed E-state index contributed by atoms with van der Waals surface area (Å²) >= 11 is 1.35. The molecule has 0 aliphatic carbocycles. The molecule has 0 aliphatic heterocycles. The molecule has 31 heavy (non-hydrogen) atoms. The number of ketones is 1. The van der Waals surface area contributed by atoms with E-state index in [2.05, 4.69) is 10.1 Å². The number of amides is 1. The quantitative estimate of drug-likeness (QED) is 0.431. The minimum atomic E-state index is -0.883. The number of thiophene rings is 1. The first-order valence-corrected chi connectivity index (χ1v) is 10.3. The molecule has 2 aromatic heterocycles. The van der Waals surface area contributed by atoms with E-state index in [4.69, 9.17) is 9.15 Å². The summed E-state index contributed by atoms with van der Waals surface area (Å²) in [4.78, 5) is 36.9. The van der Waals surface area contributed by atoms with Gasteiger partial charge in [-0.05, 0) is 43.5 Å². The smallest absolute Gasteiger partial charge is 0.410 e. The van der Waals surface area contributed by atoms with Crippen LogP contribution in [-0.4, -0.2) is 31.2 Å². The Morgan fingerprint density at radius 2 is 2.06 bits per heavy atom. The average Bonchev–Trinajstić information content (AvgIpc) is 3.19. The molecule has 1 amide bonds. The molecular formula is C22H25NO7S. The summed E-state index contributed by atoms with van der Waals surface area (Å²) in [5.74, 6) is -0.934. The summed E-state index contributed by atoms with van der Waals surface area (Å²) in [5.41, 5.74) is -0.988. The second-order valence-electron chi connectivity index (χ2n) is 6.73.